The summed E-state index contributed by atoms with van der Waals surface area (Å²) in [6, 6.07) is 13.9. The summed E-state index contributed by atoms with van der Waals surface area (Å²) in [6.07, 6.45) is 0. The maximum absolute atomic E-state index is 10.9. The van der Waals surface area contributed by atoms with Crippen LogP contribution in [0.5, 0.6) is 5.75 Å². The van der Waals surface area contributed by atoms with Gasteiger partial charge < -0.3 is 4.74 Å². The Bertz CT molecular complexity index is 896. The Morgan fingerprint density at radius 3 is 2.83 bits per heavy atom. The molecule has 0 bridgehead atoms. The number of hydrogen-bond acceptors (Lipinski definition) is 4. The number of hydrogen-bond donors (Lipinski definition) is 0. The SMILES string of the molecule is Cc1ccc2cccc(OCc3cc([N+](=O)[O-])ccc3Cl)c2n1. The van der Waals surface area contributed by atoms with Crippen molar-refractivity contribution in [2.45, 2.75) is 13.5 Å². The summed E-state index contributed by atoms with van der Waals surface area (Å²) >= 11 is 6.09. The van der Waals surface area contributed by atoms with Crippen LogP contribution in [0, 0.1) is 17.0 Å². The van der Waals surface area contributed by atoms with Crippen molar-refractivity contribution in [1.29, 1.82) is 0 Å². The number of nitro benzene ring substituents is 1. The van der Waals surface area contributed by atoms with E-state index in [1.54, 1.807) is 0 Å². The molecule has 1 aromatic heterocycles. The first-order valence-corrected chi connectivity index (χ1v) is 7.34. The Morgan fingerprint density at radius 2 is 2.04 bits per heavy atom. The highest BCUT2D eigenvalue weighted by molar-refractivity contribution is 6.31. The minimum atomic E-state index is -0.456. The molecule has 5 nitrogen and oxygen atoms in total. The summed E-state index contributed by atoms with van der Waals surface area (Å²) in [5, 5.41) is 12.3. The van der Waals surface area contributed by atoms with E-state index in [4.69, 9.17) is 16.3 Å². The van der Waals surface area contributed by atoms with Gasteiger partial charge in [0.15, 0.2) is 0 Å². The molecular formula is C17H13ClN2O3. The molecule has 1 heterocycles. The van der Waals surface area contributed by atoms with Crippen molar-refractivity contribution in [3.8, 4) is 5.75 Å². The average Bonchev–Trinajstić information content (AvgIpc) is 2.54. The number of benzene rings is 2. The molecule has 0 spiro atoms. The molecule has 0 unspecified atom stereocenters. The van der Waals surface area contributed by atoms with E-state index in [9.17, 15) is 10.1 Å². The Labute approximate surface area is 137 Å². The van der Waals surface area contributed by atoms with Crippen molar-refractivity contribution in [3.05, 3.63) is 74.9 Å². The van der Waals surface area contributed by atoms with Crippen LogP contribution >= 0.6 is 11.6 Å². The number of aromatic nitrogens is 1. The fourth-order valence-corrected chi connectivity index (χ4v) is 2.45. The number of pyridine rings is 1. The molecule has 6 heteroatoms. The molecule has 0 aliphatic heterocycles. The minimum Gasteiger partial charge on any atom is -0.487 e. The average molecular weight is 329 g/mol. The van der Waals surface area contributed by atoms with Crippen molar-refractivity contribution in [2.24, 2.45) is 0 Å². The molecule has 0 saturated carbocycles. The van der Waals surface area contributed by atoms with Crippen LogP contribution in [0.25, 0.3) is 10.9 Å². The highest BCUT2D eigenvalue weighted by Gasteiger charge is 2.11. The van der Waals surface area contributed by atoms with Gasteiger partial charge in [-0.25, -0.2) is 4.98 Å². The number of non-ortho nitro benzene ring substituents is 1. The van der Waals surface area contributed by atoms with Crippen molar-refractivity contribution >= 4 is 28.2 Å². The number of halogens is 1. The summed E-state index contributed by atoms with van der Waals surface area (Å²) in [4.78, 5) is 14.9. The van der Waals surface area contributed by atoms with E-state index in [1.165, 1.54) is 18.2 Å². The number of nitro groups is 1. The van der Waals surface area contributed by atoms with Crippen LogP contribution in [-0.4, -0.2) is 9.91 Å². The normalized spacial score (nSPS) is 10.7. The number of fused-ring (bicyclic) bond motifs is 1. The Morgan fingerprint density at radius 1 is 1.22 bits per heavy atom. The summed E-state index contributed by atoms with van der Waals surface area (Å²) in [5.41, 5.74) is 2.20. The molecule has 3 aromatic rings. The third kappa shape index (κ3) is 3.24. The zero-order valence-electron chi connectivity index (χ0n) is 12.3. The monoisotopic (exact) mass is 328 g/mol. The largest absolute Gasteiger partial charge is 0.487 e. The fourth-order valence-electron chi connectivity index (χ4n) is 2.27. The van der Waals surface area contributed by atoms with Crippen LogP contribution < -0.4 is 4.74 Å². The fraction of sp³-hybridized carbons (Fsp3) is 0.118. The summed E-state index contributed by atoms with van der Waals surface area (Å²) < 4.78 is 5.81. The summed E-state index contributed by atoms with van der Waals surface area (Å²) in [6.45, 7) is 2.04. The first-order chi connectivity index (χ1) is 11.0. The molecule has 0 atom stereocenters. The second kappa shape index (κ2) is 6.22. The lowest BCUT2D eigenvalue weighted by molar-refractivity contribution is -0.384. The van der Waals surface area contributed by atoms with Crippen LogP contribution in [0.3, 0.4) is 0 Å². The summed E-state index contributed by atoms with van der Waals surface area (Å²) in [7, 11) is 0. The maximum Gasteiger partial charge on any atom is 0.269 e. The Balaban J connectivity index is 1.91. The second-order valence-electron chi connectivity index (χ2n) is 5.10. The van der Waals surface area contributed by atoms with Crippen LogP contribution in [0.1, 0.15) is 11.3 Å². The first-order valence-electron chi connectivity index (χ1n) is 6.96. The lowest BCUT2D eigenvalue weighted by atomic mass is 10.2. The standard InChI is InChI=1S/C17H13ClN2O3/c1-11-5-6-12-3-2-4-16(17(12)19-11)23-10-13-9-14(20(21)22)7-8-15(13)18/h2-9H,10H2,1H3. The Hall–Kier alpha value is -2.66. The third-order valence-corrected chi connectivity index (χ3v) is 3.81. The van der Waals surface area contributed by atoms with E-state index in [0.29, 0.717) is 16.3 Å². The van der Waals surface area contributed by atoms with Gasteiger partial charge >= 0.3 is 0 Å². The van der Waals surface area contributed by atoms with E-state index in [0.717, 1.165) is 16.6 Å². The predicted octanol–water partition coefficient (Wildman–Crippen LogP) is 4.68. The van der Waals surface area contributed by atoms with Crippen LogP contribution in [0.4, 0.5) is 5.69 Å². The van der Waals surface area contributed by atoms with E-state index in [1.807, 2.05) is 37.3 Å². The number of ether oxygens (including phenoxy) is 1. The Kier molecular flexibility index (Phi) is 4.12. The van der Waals surface area contributed by atoms with Gasteiger partial charge in [0, 0.05) is 33.8 Å². The van der Waals surface area contributed by atoms with Crippen molar-refractivity contribution in [1.82, 2.24) is 4.98 Å². The van der Waals surface area contributed by atoms with Crippen LogP contribution in [0.15, 0.2) is 48.5 Å². The van der Waals surface area contributed by atoms with Gasteiger partial charge in [0.25, 0.3) is 5.69 Å². The highest BCUT2D eigenvalue weighted by atomic mass is 35.5. The molecule has 0 saturated heterocycles. The third-order valence-electron chi connectivity index (χ3n) is 3.45. The lowest BCUT2D eigenvalue weighted by Crippen LogP contribution is -1.99. The van der Waals surface area contributed by atoms with Crippen LogP contribution in [0.2, 0.25) is 5.02 Å². The molecule has 0 N–H and O–H groups in total. The van der Waals surface area contributed by atoms with Crippen LogP contribution in [-0.2, 0) is 6.61 Å². The van der Waals surface area contributed by atoms with Gasteiger partial charge in [-0.15, -0.1) is 0 Å². The quantitative estimate of drug-likeness (QED) is 0.515. The topological polar surface area (TPSA) is 65.3 Å². The molecular weight excluding hydrogens is 316 g/mol. The van der Waals surface area contributed by atoms with Crippen molar-refractivity contribution in [3.63, 3.8) is 0 Å². The van der Waals surface area contributed by atoms with Gasteiger partial charge in [-0.1, -0.05) is 29.8 Å². The van der Waals surface area contributed by atoms with Gasteiger partial charge in [-0.2, -0.15) is 0 Å². The zero-order chi connectivity index (χ0) is 16.4. The van der Waals surface area contributed by atoms with E-state index in [2.05, 4.69) is 4.98 Å². The van der Waals surface area contributed by atoms with Gasteiger partial charge in [-0.3, -0.25) is 10.1 Å². The summed E-state index contributed by atoms with van der Waals surface area (Å²) in [5.74, 6) is 0.619. The van der Waals surface area contributed by atoms with Crippen molar-refractivity contribution < 1.29 is 9.66 Å². The van der Waals surface area contributed by atoms with Gasteiger partial charge in [-0.05, 0) is 25.1 Å². The molecule has 116 valence electrons. The molecule has 0 aliphatic rings. The molecule has 0 fully saturated rings. The maximum atomic E-state index is 10.9. The number of aryl methyl sites for hydroxylation is 1. The zero-order valence-corrected chi connectivity index (χ0v) is 13.1. The number of para-hydroxylation sites is 1. The lowest BCUT2D eigenvalue weighted by Gasteiger charge is -2.10. The molecule has 2 aromatic carbocycles. The molecule has 0 amide bonds. The van der Waals surface area contributed by atoms with E-state index >= 15 is 0 Å². The predicted molar refractivity (Wildman–Crippen MR) is 88.9 cm³/mol. The molecule has 0 aliphatic carbocycles. The first kappa shape index (κ1) is 15.2. The minimum absolute atomic E-state index is 0.0140. The smallest absolute Gasteiger partial charge is 0.269 e. The highest BCUT2D eigenvalue weighted by Crippen LogP contribution is 2.27. The van der Waals surface area contributed by atoms with Gasteiger partial charge in [0.2, 0.25) is 0 Å². The van der Waals surface area contributed by atoms with E-state index < -0.39 is 4.92 Å². The second-order valence-corrected chi connectivity index (χ2v) is 5.51. The van der Waals surface area contributed by atoms with Crippen molar-refractivity contribution in [2.75, 3.05) is 0 Å². The van der Waals surface area contributed by atoms with Gasteiger partial charge in [0.05, 0.1) is 4.92 Å². The number of nitrogens with zero attached hydrogens (tertiary/aromatic N) is 2. The number of rotatable bonds is 4. The molecule has 0 radical (unpaired) electrons. The van der Waals surface area contributed by atoms with Gasteiger partial charge in [0.1, 0.15) is 17.9 Å². The molecule has 3 rings (SSSR count). The molecule has 23 heavy (non-hydrogen) atoms. The van der Waals surface area contributed by atoms with E-state index in [-0.39, 0.29) is 12.3 Å².